The molecule has 0 heterocycles. The number of nitro groups is 2. The highest BCUT2D eigenvalue weighted by Gasteiger charge is 2.44. The molecule has 0 atom stereocenters. The number of nitro benzene ring substituents is 2. The van der Waals surface area contributed by atoms with Crippen molar-refractivity contribution in [2.24, 2.45) is 0 Å². The van der Waals surface area contributed by atoms with Gasteiger partial charge in [0.15, 0.2) is 0 Å². The largest absolute Gasteiger partial charge is 0.399 e. The van der Waals surface area contributed by atoms with Gasteiger partial charge in [0.05, 0.1) is 9.85 Å². The summed E-state index contributed by atoms with van der Waals surface area (Å²) in [4.78, 5) is 21.9. The fourth-order valence-corrected chi connectivity index (χ4v) is 10.2. The van der Waals surface area contributed by atoms with Gasteiger partial charge in [0, 0.05) is 57.3 Å². The Morgan fingerprint density at radius 1 is 0.357 bits per heavy atom. The normalized spacial score (nSPS) is 16.9. The Morgan fingerprint density at radius 2 is 0.589 bits per heavy atom. The number of hydrogen-bond donors (Lipinski definition) is 2. The molecule has 0 aromatic heterocycles. The second-order valence-corrected chi connectivity index (χ2v) is 18.0. The molecule has 0 unspecified atom stereocenters. The minimum Gasteiger partial charge on any atom is -0.399 e. The molecule has 56 heavy (non-hydrogen) atoms. The van der Waals surface area contributed by atoms with E-state index < -0.39 is 0 Å². The third kappa shape index (κ3) is 4.65. The number of non-ortho nitro benzene ring substituents is 2. The Morgan fingerprint density at radius 3 is 0.857 bits per heavy atom. The van der Waals surface area contributed by atoms with Crippen LogP contribution in [-0.4, -0.2) is 9.85 Å². The lowest BCUT2D eigenvalue weighted by molar-refractivity contribution is -0.385. The van der Waals surface area contributed by atoms with E-state index in [2.05, 4.69) is 104 Å². The molecular weight excluding hydrogens is 697 g/mol. The number of nitrogens with two attached hydrogens (primary N) is 2. The van der Waals surface area contributed by atoms with Crippen LogP contribution < -0.4 is 11.5 Å². The van der Waals surface area contributed by atoms with E-state index >= 15 is 0 Å². The first-order valence-corrected chi connectivity index (χ1v) is 19.0. The lowest BCUT2D eigenvalue weighted by Gasteiger charge is -2.24. The van der Waals surface area contributed by atoms with Crippen LogP contribution >= 0.6 is 0 Å². The van der Waals surface area contributed by atoms with Crippen LogP contribution in [-0.2, 0) is 21.7 Å². The highest BCUT2D eigenvalue weighted by atomic mass is 16.6. The molecule has 0 aliphatic heterocycles. The maximum atomic E-state index is 11.3. The predicted octanol–water partition coefficient (Wildman–Crippen LogP) is 11.6. The number of hydrogen-bond acceptors (Lipinski definition) is 6. The van der Waals surface area contributed by atoms with Crippen molar-refractivity contribution in [1.29, 1.82) is 0 Å². The average Bonchev–Trinajstić information content (AvgIpc) is 3.69. The Labute approximate surface area is 326 Å². The molecule has 0 spiro atoms. The van der Waals surface area contributed by atoms with E-state index in [0.29, 0.717) is 0 Å². The van der Waals surface area contributed by atoms with Gasteiger partial charge in [-0.05, 0) is 150 Å². The summed E-state index contributed by atoms with van der Waals surface area (Å²) in [5, 5.41) is 22.6. The van der Waals surface area contributed by atoms with Gasteiger partial charge in [-0.3, -0.25) is 20.2 Å². The number of rotatable bonds is 2. The van der Waals surface area contributed by atoms with Gasteiger partial charge in [0.2, 0.25) is 0 Å². The quantitative estimate of drug-likeness (QED) is 0.103. The summed E-state index contributed by atoms with van der Waals surface area (Å²) in [7, 11) is 0. The molecule has 0 radical (unpaired) electrons. The Balaban J connectivity index is 0.000000148. The Bertz CT molecular complexity index is 2600. The van der Waals surface area contributed by atoms with E-state index in [0.717, 1.165) is 55.9 Å². The fourth-order valence-electron chi connectivity index (χ4n) is 10.2. The van der Waals surface area contributed by atoms with E-state index in [9.17, 15) is 20.2 Å². The SMILES string of the molecule is CC1(C)c2cc(N)ccc2-c2cc3c(cc21)-c1ccc(N)cc1C3(C)C.CC1(C)c2cc([N+](=O)[O-])ccc2-c2cc3c(cc21)-c1ccc([N+](=O)[O-])cc1C3(C)C. The van der Waals surface area contributed by atoms with Crippen molar-refractivity contribution in [2.75, 3.05) is 11.5 Å². The van der Waals surface area contributed by atoms with Crippen LogP contribution in [0.2, 0.25) is 0 Å². The molecule has 8 heteroatoms. The molecule has 0 saturated carbocycles. The fraction of sp³-hybridized carbons (Fsp3) is 0.250. The first-order valence-electron chi connectivity index (χ1n) is 19.0. The zero-order chi connectivity index (χ0) is 40.0. The van der Waals surface area contributed by atoms with E-state index in [1.54, 1.807) is 24.3 Å². The van der Waals surface area contributed by atoms with Gasteiger partial charge < -0.3 is 11.5 Å². The lowest BCUT2D eigenvalue weighted by Crippen LogP contribution is -2.17. The smallest absolute Gasteiger partial charge is 0.269 e. The van der Waals surface area contributed by atoms with Gasteiger partial charge in [-0.15, -0.1) is 0 Å². The minimum absolute atomic E-state index is 0.0459. The standard InChI is InChI=1S/C24H20N2O4.C24H24N2/c1-23(2)19-9-13(25(27)28)5-7-15(19)17-12-22-18(11-21(17)23)16-8-6-14(26(29)30)10-20(16)24(22,3)4;1-23(2)19-9-13(25)5-7-15(19)17-12-22-18(11-21(17)23)16-8-6-14(26)10-20(16)24(22,3)4/h5-12H,1-4H3;5-12H,25-26H2,1-4H3. The van der Waals surface area contributed by atoms with Crippen molar-refractivity contribution in [1.82, 2.24) is 0 Å². The van der Waals surface area contributed by atoms with Gasteiger partial charge >= 0.3 is 0 Å². The molecule has 8 nitrogen and oxygen atoms in total. The summed E-state index contributed by atoms with van der Waals surface area (Å²) in [6.07, 6.45) is 0. The van der Waals surface area contributed by atoms with E-state index in [4.69, 9.17) is 11.5 Å². The van der Waals surface area contributed by atoms with Crippen LogP contribution in [0.4, 0.5) is 22.7 Å². The van der Waals surface area contributed by atoms with Crippen molar-refractivity contribution < 1.29 is 9.85 Å². The zero-order valence-electron chi connectivity index (χ0n) is 32.9. The average molecular weight is 741 g/mol. The van der Waals surface area contributed by atoms with Gasteiger partial charge in [-0.1, -0.05) is 67.5 Å². The van der Waals surface area contributed by atoms with Crippen molar-refractivity contribution in [3.8, 4) is 44.5 Å². The van der Waals surface area contributed by atoms with Gasteiger partial charge in [-0.2, -0.15) is 0 Å². The number of anilines is 2. The zero-order valence-corrected chi connectivity index (χ0v) is 32.9. The molecular formula is C48H44N4O4. The van der Waals surface area contributed by atoms with Crippen molar-refractivity contribution >= 4 is 22.7 Å². The number of nitrogens with zero attached hydrogens (tertiary/aromatic N) is 2. The van der Waals surface area contributed by atoms with Gasteiger partial charge in [0.1, 0.15) is 0 Å². The molecule has 6 aromatic rings. The first-order chi connectivity index (χ1) is 26.2. The van der Waals surface area contributed by atoms with E-state index in [1.165, 1.54) is 44.5 Å². The summed E-state index contributed by atoms with van der Waals surface area (Å²) >= 11 is 0. The molecule has 0 saturated heterocycles. The number of benzene rings is 6. The Kier molecular flexibility index (Phi) is 7.06. The molecule has 0 bridgehead atoms. The monoisotopic (exact) mass is 740 g/mol. The van der Waals surface area contributed by atoms with Crippen LogP contribution in [0.1, 0.15) is 99.9 Å². The third-order valence-corrected chi connectivity index (χ3v) is 13.4. The highest BCUT2D eigenvalue weighted by molar-refractivity contribution is 5.92. The summed E-state index contributed by atoms with van der Waals surface area (Å²) in [6, 6.07) is 32.0. The van der Waals surface area contributed by atoms with Crippen LogP contribution in [0.5, 0.6) is 0 Å². The molecule has 6 aromatic carbocycles. The lowest BCUT2D eigenvalue weighted by atomic mass is 9.79. The summed E-state index contributed by atoms with van der Waals surface area (Å²) in [5.74, 6) is 0. The van der Waals surface area contributed by atoms with Crippen molar-refractivity contribution in [2.45, 2.75) is 77.0 Å². The Hall–Kier alpha value is -6.28. The maximum Gasteiger partial charge on any atom is 0.269 e. The summed E-state index contributed by atoms with van der Waals surface area (Å²) < 4.78 is 0. The van der Waals surface area contributed by atoms with E-state index in [1.807, 2.05) is 24.3 Å². The summed E-state index contributed by atoms with van der Waals surface area (Å²) in [6.45, 7) is 17.5. The molecule has 0 fully saturated rings. The summed E-state index contributed by atoms with van der Waals surface area (Å²) in [5.41, 5.74) is 32.3. The first kappa shape index (κ1) is 35.4. The van der Waals surface area contributed by atoms with Gasteiger partial charge in [0.25, 0.3) is 11.4 Å². The van der Waals surface area contributed by atoms with Crippen LogP contribution in [0.15, 0.2) is 97.1 Å². The van der Waals surface area contributed by atoms with Crippen LogP contribution in [0.3, 0.4) is 0 Å². The van der Waals surface area contributed by atoms with Crippen molar-refractivity contribution in [3.05, 3.63) is 162 Å². The minimum atomic E-state index is -0.376. The van der Waals surface area contributed by atoms with Gasteiger partial charge in [-0.25, -0.2) is 0 Å². The third-order valence-electron chi connectivity index (χ3n) is 13.4. The molecule has 4 aliphatic carbocycles. The predicted molar refractivity (Wildman–Crippen MR) is 225 cm³/mol. The molecule has 4 aliphatic rings. The van der Waals surface area contributed by atoms with Crippen LogP contribution in [0, 0.1) is 20.2 Å². The molecule has 280 valence electrons. The second kappa shape index (κ2) is 11.2. The highest BCUT2D eigenvalue weighted by Crippen LogP contribution is 2.58. The number of fused-ring (bicyclic) bond motifs is 12. The maximum absolute atomic E-state index is 11.3. The molecule has 4 N–H and O–H groups in total. The second-order valence-electron chi connectivity index (χ2n) is 18.0. The molecule has 10 rings (SSSR count). The topological polar surface area (TPSA) is 138 Å². The molecule has 0 amide bonds. The number of nitrogen functional groups attached to an aromatic ring is 2. The van der Waals surface area contributed by atoms with Crippen molar-refractivity contribution in [3.63, 3.8) is 0 Å². The van der Waals surface area contributed by atoms with E-state index in [-0.39, 0.29) is 42.9 Å². The van der Waals surface area contributed by atoms with Crippen LogP contribution in [0.25, 0.3) is 44.5 Å².